The number of carbonyl (C=O) groups excluding carboxylic acids is 1. The lowest BCUT2D eigenvalue weighted by Gasteiger charge is -2.08. The van der Waals surface area contributed by atoms with E-state index in [1.165, 1.54) is 25.4 Å². The minimum absolute atomic E-state index is 0.141. The van der Waals surface area contributed by atoms with Gasteiger partial charge in [0.1, 0.15) is 17.6 Å². The average molecular weight is 199 g/mol. The number of nitrogens with zero attached hydrogens (tertiary/aromatic N) is 1. The molecule has 14 heavy (non-hydrogen) atoms. The van der Waals surface area contributed by atoms with Gasteiger partial charge in [0.15, 0.2) is 0 Å². The van der Waals surface area contributed by atoms with Gasteiger partial charge in [-0.15, -0.1) is 0 Å². The molecule has 0 aliphatic heterocycles. The monoisotopic (exact) mass is 199 g/mol. The van der Waals surface area contributed by atoms with Crippen LogP contribution < -0.4 is 0 Å². The number of aliphatic hydroxyl groups excluding tert-OH is 1. The summed E-state index contributed by atoms with van der Waals surface area (Å²) in [4.78, 5) is 14.4. The maximum absolute atomic E-state index is 13.0. The molecule has 5 heteroatoms. The number of ether oxygens (including phenoxy) is 1. The van der Waals surface area contributed by atoms with E-state index in [-0.39, 0.29) is 12.1 Å². The third-order valence-corrected chi connectivity index (χ3v) is 1.69. The Bertz CT molecular complexity index is 330. The van der Waals surface area contributed by atoms with Crippen LogP contribution in [0.5, 0.6) is 0 Å². The SMILES string of the molecule is COC(=O)C[C@@H](O)c1ncccc1F. The predicted molar refractivity (Wildman–Crippen MR) is 45.8 cm³/mol. The molecular weight excluding hydrogens is 189 g/mol. The van der Waals surface area contributed by atoms with Gasteiger partial charge < -0.3 is 9.84 Å². The van der Waals surface area contributed by atoms with Crippen molar-refractivity contribution in [3.8, 4) is 0 Å². The van der Waals surface area contributed by atoms with Crippen molar-refractivity contribution in [2.24, 2.45) is 0 Å². The van der Waals surface area contributed by atoms with Gasteiger partial charge in [-0.3, -0.25) is 9.78 Å². The first kappa shape index (κ1) is 10.6. The molecule has 1 aromatic rings. The van der Waals surface area contributed by atoms with E-state index in [2.05, 4.69) is 9.72 Å². The molecule has 0 aliphatic carbocycles. The predicted octanol–water partition coefficient (Wildman–Crippen LogP) is 0.817. The smallest absolute Gasteiger partial charge is 0.308 e. The molecule has 1 atom stereocenters. The van der Waals surface area contributed by atoms with Crippen molar-refractivity contribution in [2.45, 2.75) is 12.5 Å². The Balaban J connectivity index is 2.74. The highest BCUT2D eigenvalue weighted by Gasteiger charge is 2.17. The molecule has 0 aromatic carbocycles. The summed E-state index contributed by atoms with van der Waals surface area (Å²) in [6, 6.07) is 2.58. The lowest BCUT2D eigenvalue weighted by molar-refractivity contribution is -0.143. The number of rotatable bonds is 3. The maximum Gasteiger partial charge on any atom is 0.308 e. The number of pyridine rings is 1. The fraction of sp³-hybridized carbons (Fsp3) is 0.333. The number of carbonyl (C=O) groups is 1. The van der Waals surface area contributed by atoms with Crippen LogP contribution in [0.15, 0.2) is 18.3 Å². The zero-order chi connectivity index (χ0) is 10.6. The standard InChI is InChI=1S/C9H10FNO3/c1-14-8(13)5-7(12)9-6(10)3-2-4-11-9/h2-4,7,12H,5H2,1H3/t7-/m1/s1. The van der Waals surface area contributed by atoms with Gasteiger partial charge in [-0.25, -0.2) is 4.39 Å². The molecule has 1 heterocycles. The van der Waals surface area contributed by atoms with Crippen LogP contribution in [0.3, 0.4) is 0 Å². The van der Waals surface area contributed by atoms with Crippen molar-refractivity contribution in [3.05, 3.63) is 29.8 Å². The summed E-state index contributed by atoms with van der Waals surface area (Å²) in [7, 11) is 1.20. The maximum atomic E-state index is 13.0. The van der Waals surface area contributed by atoms with E-state index < -0.39 is 17.9 Å². The molecule has 0 unspecified atom stereocenters. The number of halogens is 1. The molecule has 0 fully saturated rings. The summed E-state index contributed by atoms with van der Waals surface area (Å²) in [5.41, 5.74) is -0.141. The van der Waals surface area contributed by atoms with Crippen molar-refractivity contribution >= 4 is 5.97 Å². The van der Waals surface area contributed by atoms with Gasteiger partial charge in [0.25, 0.3) is 0 Å². The Labute approximate surface area is 80.3 Å². The molecule has 76 valence electrons. The summed E-state index contributed by atoms with van der Waals surface area (Å²) in [6.07, 6.45) is -0.216. The first-order valence-corrected chi connectivity index (χ1v) is 4.00. The second kappa shape index (κ2) is 4.66. The Hall–Kier alpha value is -1.49. The second-order valence-corrected chi connectivity index (χ2v) is 2.67. The van der Waals surface area contributed by atoms with E-state index >= 15 is 0 Å². The van der Waals surface area contributed by atoms with Gasteiger partial charge in [0, 0.05) is 6.20 Å². The van der Waals surface area contributed by atoms with Gasteiger partial charge in [-0.05, 0) is 12.1 Å². The van der Waals surface area contributed by atoms with Crippen LogP contribution in [0.25, 0.3) is 0 Å². The molecule has 1 rings (SSSR count). The van der Waals surface area contributed by atoms with Crippen LogP contribution in [-0.2, 0) is 9.53 Å². The molecule has 4 nitrogen and oxygen atoms in total. The number of esters is 1. The lowest BCUT2D eigenvalue weighted by Crippen LogP contribution is -2.10. The Kier molecular flexibility index (Phi) is 3.53. The highest BCUT2D eigenvalue weighted by Crippen LogP contribution is 2.17. The van der Waals surface area contributed by atoms with E-state index in [0.717, 1.165) is 0 Å². The fourth-order valence-corrected chi connectivity index (χ4v) is 0.981. The van der Waals surface area contributed by atoms with Crippen molar-refractivity contribution in [1.29, 1.82) is 0 Å². The summed E-state index contributed by atoms with van der Waals surface area (Å²) < 4.78 is 17.4. The topological polar surface area (TPSA) is 59.4 Å². The van der Waals surface area contributed by atoms with Gasteiger partial charge in [-0.2, -0.15) is 0 Å². The van der Waals surface area contributed by atoms with E-state index in [4.69, 9.17) is 0 Å². The van der Waals surface area contributed by atoms with E-state index in [1.807, 2.05) is 0 Å². The van der Waals surface area contributed by atoms with Crippen molar-refractivity contribution in [1.82, 2.24) is 4.98 Å². The van der Waals surface area contributed by atoms with E-state index in [9.17, 15) is 14.3 Å². The first-order chi connectivity index (χ1) is 6.65. The van der Waals surface area contributed by atoms with Crippen molar-refractivity contribution in [2.75, 3.05) is 7.11 Å². The lowest BCUT2D eigenvalue weighted by atomic mass is 10.1. The molecule has 1 N–H and O–H groups in total. The van der Waals surface area contributed by atoms with Gasteiger partial charge in [0.05, 0.1) is 13.5 Å². The zero-order valence-corrected chi connectivity index (χ0v) is 7.61. The number of methoxy groups -OCH3 is 1. The molecule has 0 saturated carbocycles. The first-order valence-electron chi connectivity index (χ1n) is 4.00. The number of aliphatic hydroxyl groups is 1. The molecule has 0 aliphatic rings. The molecule has 0 bridgehead atoms. The third kappa shape index (κ3) is 2.50. The Morgan fingerprint density at radius 3 is 3.07 bits per heavy atom. The molecular formula is C9H10FNO3. The fourth-order valence-electron chi connectivity index (χ4n) is 0.981. The molecule has 0 radical (unpaired) electrons. The zero-order valence-electron chi connectivity index (χ0n) is 7.61. The van der Waals surface area contributed by atoms with E-state index in [0.29, 0.717) is 0 Å². The van der Waals surface area contributed by atoms with Crippen LogP contribution in [0, 0.1) is 5.82 Å². The Morgan fingerprint density at radius 1 is 1.79 bits per heavy atom. The van der Waals surface area contributed by atoms with Crippen molar-refractivity contribution < 1.29 is 19.0 Å². The van der Waals surface area contributed by atoms with Crippen molar-refractivity contribution in [3.63, 3.8) is 0 Å². The largest absolute Gasteiger partial charge is 0.469 e. The van der Waals surface area contributed by atoms with Crippen LogP contribution in [-0.4, -0.2) is 23.2 Å². The molecule has 0 spiro atoms. The minimum atomic E-state index is -1.26. The summed E-state index contributed by atoms with van der Waals surface area (Å²) in [5, 5.41) is 9.40. The van der Waals surface area contributed by atoms with Gasteiger partial charge >= 0.3 is 5.97 Å². The average Bonchev–Trinajstić information content (AvgIpc) is 2.18. The van der Waals surface area contributed by atoms with Crippen LogP contribution in [0.4, 0.5) is 4.39 Å². The number of hydrogen-bond acceptors (Lipinski definition) is 4. The van der Waals surface area contributed by atoms with Crippen LogP contribution in [0.1, 0.15) is 18.2 Å². The summed E-state index contributed by atoms with van der Waals surface area (Å²) in [6.45, 7) is 0. The highest BCUT2D eigenvalue weighted by atomic mass is 19.1. The Morgan fingerprint density at radius 2 is 2.50 bits per heavy atom. The molecule has 1 aromatic heterocycles. The third-order valence-electron chi connectivity index (χ3n) is 1.69. The highest BCUT2D eigenvalue weighted by molar-refractivity contribution is 5.69. The van der Waals surface area contributed by atoms with Gasteiger partial charge in [0.2, 0.25) is 0 Å². The normalized spacial score (nSPS) is 12.2. The summed E-state index contributed by atoms with van der Waals surface area (Å²) in [5.74, 6) is -1.24. The summed E-state index contributed by atoms with van der Waals surface area (Å²) >= 11 is 0. The van der Waals surface area contributed by atoms with E-state index in [1.54, 1.807) is 0 Å². The van der Waals surface area contributed by atoms with Crippen LogP contribution in [0.2, 0.25) is 0 Å². The molecule has 0 amide bonds. The number of hydrogen-bond donors (Lipinski definition) is 1. The quantitative estimate of drug-likeness (QED) is 0.732. The van der Waals surface area contributed by atoms with Crippen LogP contribution >= 0.6 is 0 Å². The van der Waals surface area contributed by atoms with Gasteiger partial charge in [-0.1, -0.05) is 0 Å². The molecule has 0 saturated heterocycles. The number of aromatic nitrogens is 1. The second-order valence-electron chi connectivity index (χ2n) is 2.67. The minimum Gasteiger partial charge on any atom is -0.469 e.